The molecule has 0 fully saturated rings. The number of rotatable bonds is 8. The fourth-order valence-corrected chi connectivity index (χ4v) is 5.28. The quantitative estimate of drug-likeness (QED) is 0.306. The summed E-state index contributed by atoms with van der Waals surface area (Å²) in [4.78, 5) is 30.8. The summed E-state index contributed by atoms with van der Waals surface area (Å²) >= 11 is 0. The van der Waals surface area contributed by atoms with Crippen LogP contribution in [0.5, 0.6) is 5.75 Å². The van der Waals surface area contributed by atoms with Gasteiger partial charge in [-0.05, 0) is 95.6 Å². The van der Waals surface area contributed by atoms with Crippen molar-refractivity contribution in [3.63, 3.8) is 0 Å². The van der Waals surface area contributed by atoms with Crippen molar-refractivity contribution in [1.29, 1.82) is 0 Å². The molecule has 0 saturated heterocycles. The molecule has 0 aliphatic carbocycles. The van der Waals surface area contributed by atoms with E-state index in [9.17, 15) is 27.9 Å². The minimum atomic E-state index is -4.49. The molecule has 45 heavy (non-hydrogen) atoms. The Bertz CT molecular complexity index is 1240. The van der Waals surface area contributed by atoms with E-state index in [0.717, 1.165) is 56.5 Å². The molecule has 3 N–H and O–H groups in total. The number of fused-ring (bicyclic) bond motifs is 1. The van der Waals surface area contributed by atoms with Crippen LogP contribution in [-0.4, -0.2) is 85.0 Å². The topological polar surface area (TPSA) is 103 Å². The summed E-state index contributed by atoms with van der Waals surface area (Å²) in [6, 6.07) is 7.64. The molecule has 3 rings (SSSR count). The number of hydrogen-bond donors (Lipinski definition) is 3. The average molecular weight is 637 g/mol. The van der Waals surface area contributed by atoms with Gasteiger partial charge >= 0.3 is 12.2 Å². The number of urea groups is 1. The number of likely N-dealkylation sites (N-methyl/N-ethyl adjacent to an activating group) is 1. The molecule has 0 unspecified atom stereocenters. The van der Waals surface area contributed by atoms with Crippen LogP contribution in [0.1, 0.15) is 69.3 Å². The minimum Gasteiger partial charge on any atom is -0.490 e. The Morgan fingerprint density at radius 1 is 1.11 bits per heavy atom. The highest BCUT2D eigenvalue weighted by atomic mass is 19.4. The maximum Gasteiger partial charge on any atom is 0.416 e. The molecule has 0 spiro atoms. The van der Waals surface area contributed by atoms with Crippen LogP contribution in [0.2, 0.25) is 0 Å². The molecular weight excluding hydrogens is 589 g/mol. The first-order chi connectivity index (χ1) is 21.3. The smallest absolute Gasteiger partial charge is 0.416 e. The Balaban J connectivity index is 1.89. The Morgan fingerprint density at radius 3 is 2.42 bits per heavy atom. The zero-order valence-corrected chi connectivity index (χ0v) is 26.8. The molecule has 0 saturated carbocycles. The second kappa shape index (κ2) is 16.8. The van der Waals surface area contributed by atoms with Crippen LogP contribution in [-0.2, 0) is 10.9 Å². The Labute approximate surface area is 264 Å². The van der Waals surface area contributed by atoms with Gasteiger partial charge in [-0.3, -0.25) is 4.79 Å². The summed E-state index contributed by atoms with van der Waals surface area (Å²) in [5, 5.41) is 15.3. The van der Waals surface area contributed by atoms with Crippen molar-refractivity contribution in [2.24, 2.45) is 5.92 Å². The van der Waals surface area contributed by atoms with E-state index in [0.29, 0.717) is 25.4 Å². The van der Waals surface area contributed by atoms with E-state index in [1.165, 1.54) is 6.07 Å². The number of benzene rings is 2. The number of amides is 3. The van der Waals surface area contributed by atoms with Gasteiger partial charge in [0.25, 0.3) is 5.91 Å². The molecule has 2 aromatic rings. The molecule has 2 aromatic carbocycles. The fourth-order valence-electron chi connectivity index (χ4n) is 5.28. The van der Waals surface area contributed by atoms with E-state index in [-0.39, 0.29) is 47.6 Å². The van der Waals surface area contributed by atoms with E-state index in [2.05, 4.69) is 29.5 Å². The highest BCUT2D eigenvalue weighted by molar-refractivity contribution is 6.02. The van der Waals surface area contributed by atoms with Gasteiger partial charge in [0.2, 0.25) is 0 Å². The van der Waals surface area contributed by atoms with Crippen LogP contribution in [0, 0.1) is 5.92 Å². The molecule has 250 valence electrons. The molecule has 1 aliphatic rings. The average Bonchev–Trinajstić information content (AvgIpc) is 2.98. The number of ether oxygens (including phenoxy) is 2. The Morgan fingerprint density at radius 2 is 1.78 bits per heavy atom. The van der Waals surface area contributed by atoms with Gasteiger partial charge in [0.05, 0.1) is 36.0 Å². The monoisotopic (exact) mass is 636 g/mol. The summed E-state index contributed by atoms with van der Waals surface area (Å²) in [6.45, 7) is 10.2. The third-order valence-corrected chi connectivity index (χ3v) is 7.88. The van der Waals surface area contributed by atoms with Crippen molar-refractivity contribution < 1.29 is 37.3 Å². The second-order valence-corrected chi connectivity index (χ2v) is 11.9. The van der Waals surface area contributed by atoms with Crippen molar-refractivity contribution in [3.05, 3.63) is 53.6 Å². The summed E-state index contributed by atoms with van der Waals surface area (Å²) in [6.07, 6.45) is -1.30. The van der Waals surface area contributed by atoms with Crippen molar-refractivity contribution >= 4 is 23.3 Å². The van der Waals surface area contributed by atoms with E-state index in [1.807, 2.05) is 13.8 Å². The van der Waals surface area contributed by atoms with E-state index in [1.54, 1.807) is 24.0 Å². The summed E-state index contributed by atoms with van der Waals surface area (Å²) in [7, 11) is 2.06. The zero-order chi connectivity index (χ0) is 33.1. The Hall–Kier alpha value is -3.35. The molecule has 1 aliphatic heterocycles. The van der Waals surface area contributed by atoms with Gasteiger partial charge in [-0.25, -0.2) is 4.79 Å². The van der Waals surface area contributed by atoms with E-state index < -0.39 is 23.8 Å². The van der Waals surface area contributed by atoms with Crippen molar-refractivity contribution in [3.8, 4) is 5.75 Å². The highest BCUT2D eigenvalue weighted by Crippen LogP contribution is 2.31. The number of anilines is 2. The number of carbonyl (C=O) groups is 2. The fraction of sp³-hybridized carbons (Fsp3) is 0.576. The van der Waals surface area contributed by atoms with Crippen LogP contribution in [0.4, 0.5) is 29.3 Å². The zero-order valence-electron chi connectivity index (χ0n) is 26.8. The van der Waals surface area contributed by atoms with Crippen LogP contribution >= 0.6 is 0 Å². The molecule has 1 heterocycles. The Kier molecular flexibility index (Phi) is 13.5. The maximum absolute atomic E-state index is 14.2. The van der Waals surface area contributed by atoms with Gasteiger partial charge in [0.1, 0.15) is 5.75 Å². The van der Waals surface area contributed by atoms with Crippen LogP contribution in [0.3, 0.4) is 0 Å². The first kappa shape index (κ1) is 36.1. The molecule has 4 atom stereocenters. The van der Waals surface area contributed by atoms with Crippen molar-refractivity contribution in [1.82, 2.24) is 9.80 Å². The summed E-state index contributed by atoms with van der Waals surface area (Å²) < 4.78 is 51.3. The normalized spacial score (nSPS) is 21.0. The first-order valence-corrected chi connectivity index (χ1v) is 15.6. The minimum absolute atomic E-state index is 0.0516. The van der Waals surface area contributed by atoms with Gasteiger partial charge in [-0.15, -0.1) is 0 Å². The van der Waals surface area contributed by atoms with E-state index >= 15 is 0 Å². The predicted molar refractivity (Wildman–Crippen MR) is 169 cm³/mol. The largest absolute Gasteiger partial charge is 0.490 e. The molecule has 9 nitrogen and oxygen atoms in total. The van der Waals surface area contributed by atoms with Gasteiger partial charge in [-0.2, -0.15) is 13.2 Å². The van der Waals surface area contributed by atoms with Gasteiger partial charge in [-0.1, -0.05) is 13.8 Å². The summed E-state index contributed by atoms with van der Waals surface area (Å²) in [5.41, 5.74) is -0.144. The lowest BCUT2D eigenvalue weighted by Gasteiger charge is -2.35. The number of hydrogen-bond acceptors (Lipinski definition) is 6. The van der Waals surface area contributed by atoms with Crippen molar-refractivity contribution in [2.45, 2.75) is 77.8 Å². The number of aliphatic hydroxyl groups excluding tert-OH is 1. The number of halogens is 3. The first-order valence-electron chi connectivity index (χ1n) is 15.6. The number of alkyl halides is 3. The lowest BCUT2D eigenvalue weighted by molar-refractivity contribution is -0.137. The molecule has 3 amide bonds. The lowest BCUT2D eigenvalue weighted by atomic mass is 10.0. The van der Waals surface area contributed by atoms with Gasteiger partial charge in [0, 0.05) is 37.0 Å². The lowest BCUT2D eigenvalue weighted by Crippen LogP contribution is -2.47. The summed E-state index contributed by atoms with van der Waals surface area (Å²) in [5.74, 6) is -0.0593. The SMILES string of the molecule is CCCN(C)C[C@H]1OCCCC[C@@H](C)Oc2ccc(NC(=O)Nc3ccc(C(F)(F)F)cc3)cc2C(=O)N([C@H](C)CO)C[C@H]1C. The maximum atomic E-state index is 14.2. The predicted octanol–water partition coefficient (Wildman–Crippen LogP) is 6.49. The van der Waals surface area contributed by atoms with Gasteiger partial charge < -0.3 is 35.0 Å². The highest BCUT2D eigenvalue weighted by Gasteiger charge is 2.31. The second-order valence-electron chi connectivity index (χ2n) is 11.9. The number of nitrogens with zero attached hydrogens (tertiary/aromatic N) is 2. The van der Waals surface area contributed by atoms with Crippen molar-refractivity contribution in [2.75, 3.05) is 50.5 Å². The standard InChI is InChI=1S/C33H47F3N4O5/c1-6-16-39(5)20-30-22(2)19-40(23(3)21-41)31(42)28-18-27(14-15-29(28)45-24(4)9-7-8-17-44-30)38-32(43)37-26-12-10-25(11-13-26)33(34,35)36/h10-15,18,22-24,30,41H,6-9,16-17,19-21H2,1-5H3,(H2,37,38,43)/t22-,23-,24-,30-/m1/s1. The molecule has 0 radical (unpaired) electrons. The third-order valence-electron chi connectivity index (χ3n) is 7.88. The number of nitrogens with one attached hydrogen (secondary N) is 2. The molecule has 0 aromatic heterocycles. The number of aliphatic hydroxyl groups is 1. The molecule has 12 heteroatoms. The van der Waals surface area contributed by atoms with Crippen LogP contribution in [0.25, 0.3) is 0 Å². The third kappa shape index (κ3) is 10.9. The van der Waals surface area contributed by atoms with Crippen LogP contribution < -0.4 is 15.4 Å². The van der Waals surface area contributed by atoms with E-state index in [4.69, 9.17) is 9.47 Å². The molecule has 0 bridgehead atoms. The van der Waals surface area contributed by atoms with Crippen LogP contribution in [0.15, 0.2) is 42.5 Å². The van der Waals surface area contributed by atoms with Gasteiger partial charge in [0.15, 0.2) is 0 Å². The molecular formula is C33H47F3N4O5. The number of carbonyl (C=O) groups excluding carboxylic acids is 2.